The van der Waals surface area contributed by atoms with Crippen LogP contribution in [0.25, 0.3) is 0 Å². The number of carbonyl (C=O) groups is 1. The van der Waals surface area contributed by atoms with Crippen molar-refractivity contribution in [3.8, 4) is 0 Å². The molecular weight excluding hydrogens is 335 g/mol. The van der Waals surface area contributed by atoms with Crippen molar-refractivity contribution in [1.29, 1.82) is 0 Å². The second-order valence-corrected chi connectivity index (χ2v) is 6.24. The van der Waals surface area contributed by atoms with Crippen molar-refractivity contribution in [3.05, 3.63) is 54.1 Å². The number of imidazole rings is 1. The van der Waals surface area contributed by atoms with Gasteiger partial charge in [-0.1, -0.05) is 18.2 Å². The summed E-state index contributed by atoms with van der Waals surface area (Å²) in [5.41, 5.74) is -1.52. The summed E-state index contributed by atoms with van der Waals surface area (Å²) < 4.78 is 40.9. The van der Waals surface area contributed by atoms with Gasteiger partial charge in [-0.15, -0.1) is 0 Å². The number of alkyl halides is 3. The van der Waals surface area contributed by atoms with E-state index < -0.39 is 23.2 Å². The van der Waals surface area contributed by atoms with Crippen molar-refractivity contribution in [2.45, 2.75) is 31.1 Å². The third-order valence-electron chi connectivity index (χ3n) is 4.80. The maximum absolute atomic E-state index is 13.1. The van der Waals surface area contributed by atoms with Crippen LogP contribution in [0.2, 0.25) is 0 Å². The van der Waals surface area contributed by atoms with Gasteiger partial charge in [-0.3, -0.25) is 4.90 Å². The second-order valence-electron chi connectivity index (χ2n) is 6.24. The molecule has 1 saturated heterocycles. The van der Waals surface area contributed by atoms with Gasteiger partial charge in [0.05, 0.1) is 11.9 Å². The summed E-state index contributed by atoms with van der Waals surface area (Å²) in [6, 6.07) is 5.50. The summed E-state index contributed by atoms with van der Waals surface area (Å²) in [4.78, 5) is 17.6. The number of piperidine rings is 1. The minimum Gasteiger partial charge on any atom is -0.479 e. The van der Waals surface area contributed by atoms with Crippen LogP contribution in [0.15, 0.2) is 43.0 Å². The average molecular weight is 353 g/mol. The Morgan fingerprint density at radius 2 is 1.92 bits per heavy atom. The van der Waals surface area contributed by atoms with Crippen LogP contribution in [-0.4, -0.2) is 38.6 Å². The Bertz CT molecular complexity index is 736. The standard InChI is InChI=1S/C17H18F3N3O2/c18-17(19,20)14-4-2-1-3-13(14)11-22-8-5-16(6-9-22,15(24)25)23-10-7-21-12-23/h1-4,7,10,12H,5-6,8-9,11H2,(H,24,25). The molecule has 3 rings (SSSR count). The van der Waals surface area contributed by atoms with Crippen LogP contribution in [-0.2, 0) is 23.1 Å². The number of carboxylic acids is 1. The van der Waals surface area contributed by atoms with E-state index in [4.69, 9.17) is 0 Å². The minimum atomic E-state index is -4.39. The van der Waals surface area contributed by atoms with Gasteiger partial charge in [0.1, 0.15) is 5.54 Å². The highest BCUT2D eigenvalue weighted by Gasteiger charge is 2.43. The number of rotatable bonds is 4. The first-order chi connectivity index (χ1) is 11.8. The first-order valence-electron chi connectivity index (χ1n) is 7.92. The van der Waals surface area contributed by atoms with E-state index in [2.05, 4.69) is 4.98 Å². The number of hydrogen-bond donors (Lipinski definition) is 1. The van der Waals surface area contributed by atoms with Gasteiger partial charge in [0.15, 0.2) is 0 Å². The first kappa shape index (κ1) is 17.5. The Hall–Kier alpha value is -2.35. The van der Waals surface area contributed by atoms with Gasteiger partial charge in [-0.05, 0) is 24.5 Å². The molecular formula is C17H18F3N3O2. The molecule has 8 heteroatoms. The van der Waals surface area contributed by atoms with E-state index in [-0.39, 0.29) is 12.1 Å². The molecule has 1 N–H and O–H groups in total. The SMILES string of the molecule is O=C(O)C1(n2ccnc2)CCN(Cc2ccccc2C(F)(F)F)CC1. The van der Waals surface area contributed by atoms with Crippen molar-refractivity contribution in [2.75, 3.05) is 13.1 Å². The molecule has 134 valence electrons. The summed E-state index contributed by atoms with van der Waals surface area (Å²) in [6.45, 7) is 0.947. The Kier molecular flexibility index (Phi) is 4.55. The van der Waals surface area contributed by atoms with Gasteiger partial charge in [0, 0.05) is 32.0 Å². The van der Waals surface area contributed by atoms with Crippen molar-refractivity contribution >= 4 is 5.97 Å². The van der Waals surface area contributed by atoms with Gasteiger partial charge < -0.3 is 9.67 Å². The number of carboxylic acid groups (broad SMARTS) is 1. The average Bonchev–Trinajstić information content (AvgIpc) is 3.10. The quantitative estimate of drug-likeness (QED) is 0.918. The third kappa shape index (κ3) is 3.39. The highest BCUT2D eigenvalue weighted by Crippen LogP contribution is 2.34. The van der Waals surface area contributed by atoms with Crippen LogP contribution < -0.4 is 0 Å². The van der Waals surface area contributed by atoms with Crippen LogP contribution in [0.3, 0.4) is 0 Å². The molecule has 0 radical (unpaired) electrons. The minimum absolute atomic E-state index is 0.148. The van der Waals surface area contributed by atoms with E-state index in [0.29, 0.717) is 25.9 Å². The maximum Gasteiger partial charge on any atom is 0.416 e. The molecule has 1 aromatic carbocycles. The molecule has 2 aromatic rings. The molecule has 1 aliphatic heterocycles. The van der Waals surface area contributed by atoms with Crippen LogP contribution in [0.5, 0.6) is 0 Å². The van der Waals surface area contributed by atoms with Crippen LogP contribution in [0.1, 0.15) is 24.0 Å². The molecule has 2 heterocycles. The predicted molar refractivity (Wildman–Crippen MR) is 83.8 cm³/mol. The molecule has 1 fully saturated rings. The molecule has 0 amide bonds. The van der Waals surface area contributed by atoms with Crippen molar-refractivity contribution in [1.82, 2.24) is 14.5 Å². The van der Waals surface area contributed by atoms with Gasteiger partial charge in [-0.2, -0.15) is 13.2 Å². The highest BCUT2D eigenvalue weighted by molar-refractivity contribution is 5.77. The molecule has 25 heavy (non-hydrogen) atoms. The Morgan fingerprint density at radius 3 is 2.48 bits per heavy atom. The van der Waals surface area contributed by atoms with E-state index in [1.165, 1.54) is 24.7 Å². The number of halogens is 3. The van der Waals surface area contributed by atoms with Crippen molar-refractivity contribution in [3.63, 3.8) is 0 Å². The predicted octanol–water partition coefficient (Wildman–Crippen LogP) is 2.98. The molecule has 0 bridgehead atoms. The van der Waals surface area contributed by atoms with Crippen LogP contribution >= 0.6 is 0 Å². The lowest BCUT2D eigenvalue weighted by Crippen LogP contribution is -2.50. The fraction of sp³-hybridized carbons (Fsp3) is 0.412. The first-order valence-corrected chi connectivity index (χ1v) is 7.92. The zero-order valence-electron chi connectivity index (χ0n) is 13.4. The molecule has 5 nitrogen and oxygen atoms in total. The summed E-state index contributed by atoms with van der Waals surface area (Å²) in [6.07, 6.45) is 0.843. The zero-order chi connectivity index (χ0) is 18.1. The lowest BCUT2D eigenvalue weighted by Gasteiger charge is -2.39. The summed E-state index contributed by atoms with van der Waals surface area (Å²) >= 11 is 0. The van der Waals surface area contributed by atoms with Gasteiger partial charge in [0.25, 0.3) is 0 Å². The molecule has 0 atom stereocenters. The van der Waals surface area contributed by atoms with Gasteiger partial charge in [-0.25, -0.2) is 9.78 Å². The van der Waals surface area contributed by atoms with Crippen molar-refractivity contribution in [2.24, 2.45) is 0 Å². The third-order valence-corrected chi connectivity index (χ3v) is 4.80. The lowest BCUT2D eigenvalue weighted by atomic mass is 9.87. The van der Waals surface area contributed by atoms with Gasteiger partial charge in [0.2, 0.25) is 0 Å². The maximum atomic E-state index is 13.1. The molecule has 1 aromatic heterocycles. The van der Waals surface area contributed by atoms with E-state index >= 15 is 0 Å². The number of hydrogen-bond acceptors (Lipinski definition) is 3. The Labute approximate surface area is 142 Å². The van der Waals surface area contributed by atoms with E-state index in [0.717, 1.165) is 6.07 Å². The van der Waals surface area contributed by atoms with E-state index in [1.807, 2.05) is 4.90 Å². The van der Waals surface area contributed by atoms with Crippen LogP contribution in [0.4, 0.5) is 13.2 Å². The van der Waals surface area contributed by atoms with E-state index in [1.54, 1.807) is 16.8 Å². The monoisotopic (exact) mass is 353 g/mol. The Balaban J connectivity index is 1.75. The second kappa shape index (κ2) is 6.51. The summed E-state index contributed by atoms with van der Waals surface area (Å²) in [7, 11) is 0. The number of benzene rings is 1. The molecule has 0 spiro atoms. The topological polar surface area (TPSA) is 58.4 Å². The van der Waals surface area contributed by atoms with Gasteiger partial charge >= 0.3 is 12.1 Å². The normalized spacial score (nSPS) is 18.2. The number of aliphatic carboxylic acids is 1. The smallest absolute Gasteiger partial charge is 0.416 e. The number of nitrogens with zero attached hydrogens (tertiary/aromatic N) is 3. The van der Waals surface area contributed by atoms with E-state index in [9.17, 15) is 23.1 Å². The number of likely N-dealkylation sites (tertiary alicyclic amines) is 1. The number of aromatic nitrogens is 2. The lowest BCUT2D eigenvalue weighted by molar-refractivity contribution is -0.150. The van der Waals surface area contributed by atoms with Crippen LogP contribution in [0, 0.1) is 0 Å². The molecule has 0 saturated carbocycles. The fourth-order valence-electron chi connectivity index (χ4n) is 3.35. The summed E-state index contributed by atoms with van der Waals surface area (Å²) in [5, 5.41) is 9.67. The largest absolute Gasteiger partial charge is 0.479 e. The highest BCUT2D eigenvalue weighted by atomic mass is 19.4. The molecule has 1 aliphatic rings. The molecule has 0 aliphatic carbocycles. The summed E-state index contributed by atoms with van der Waals surface area (Å²) in [5.74, 6) is -0.944. The fourth-order valence-corrected chi connectivity index (χ4v) is 3.35. The Morgan fingerprint density at radius 1 is 1.24 bits per heavy atom. The van der Waals surface area contributed by atoms with Crippen molar-refractivity contribution < 1.29 is 23.1 Å². The molecule has 0 unspecified atom stereocenters. The zero-order valence-corrected chi connectivity index (χ0v) is 13.4.